The second-order valence-electron chi connectivity index (χ2n) is 11.0. The number of aliphatic hydroxyl groups excluding tert-OH is 1. The van der Waals surface area contributed by atoms with Gasteiger partial charge in [-0.05, 0) is 36.0 Å². The molecule has 0 radical (unpaired) electrons. The minimum Gasteiger partial charge on any atom is -0.463 e. The van der Waals surface area contributed by atoms with Crippen LogP contribution in [0.25, 0.3) is 6.08 Å². The van der Waals surface area contributed by atoms with Gasteiger partial charge in [-0.1, -0.05) is 44.2 Å². The maximum Gasteiger partial charge on any atom is 0.303 e. The Labute approximate surface area is 262 Å². The molecule has 0 aliphatic carbocycles. The van der Waals surface area contributed by atoms with E-state index >= 15 is 0 Å². The Balaban J connectivity index is 2.03. The summed E-state index contributed by atoms with van der Waals surface area (Å²) in [6.07, 6.45) is -1.77. The molecule has 1 aliphatic rings. The van der Waals surface area contributed by atoms with Crippen LogP contribution >= 0.6 is 0 Å². The first kappa shape index (κ1) is 35.3. The molecule has 0 bridgehead atoms. The Morgan fingerprint density at radius 3 is 2.20 bits per heavy atom. The minimum absolute atomic E-state index is 0.0289. The Morgan fingerprint density at radius 2 is 1.62 bits per heavy atom. The van der Waals surface area contributed by atoms with Gasteiger partial charge in [-0.15, -0.1) is 5.10 Å². The molecular formula is C32H42N2O11. The van der Waals surface area contributed by atoms with Crippen LogP contribution in [0, 0.1) is 6.92 Å². The van der Waals surface area contributed by atoms with Crippen LogP contribution in [-0.2, 0) is 49.3 Å². The molecule has 1 aromatic carbocycles. The SMILES string of the molecule is CC(=O)OCC1OC(Oc2n[nH]c(C(C)C)c2Cc2ccc(C=CCCO)cc2C)C(OC(C)=O)C(OC(C)=O)C1OC(C)=O. The van der Waals surface area contributed by atoms with Gasteiger partial charge in [-0.3, -0.25) is 24.3 Å². The second-order valence-corrected chi connectivity index (χ2v) is 11.0. The number of aryl methyl sites for hydroxylation is 1. The molecule has 2 aromatic rings. The third-order valence-electron chi connectivity index (χ3n) is 6.95. The molecule has 246 valence electrons. The zero-order valence-corrected chi connectivity index (χ0v) is 26.7. The van der Waals surface area contributed by atoms with Crippen LogP contribution in [0.2, 0.25) is 0 Å². The Kier molecular flexibility index (Phi) is 12.7. The van der Waals surface area contributed by atoms with Crippen molar-refractivity contribution < 1.29 is 52.7 Å². The van der Waals surface area contributed by atoms with Gasteiger partial charge in [0.05, 0.1) is 0 Å². The van der Waals surface area contributed by atoms with Crippen molar-refractivity contribution in [3.05, 3.63) is 52.2 Å². The Hall–Kier alpha value is -4.23. The highest BCUT2D eigenvalue weighted by Crippen LogP contribution is 2.34. The zero-order valence-electron chi connectivity index (χ0n) is 26.7. The normalized spacial score (nSPS) is 21.4. The van der Waals surface area contributed by atoms with E-state index in [-0.39, 0.29) is 25.0 Å². The van der Waals surface area contributed by atoms with Crippen molar-refractivity contribution in [1.82, 2.24) is 10.2 Å². The van der Waals surface area contributed by atoms with Gasteiger partial charge < -0.3 is 33.5 Å². The number of benzene rings is 1. The van der Waals surface area contributed by atoms with Crippen molar-refractivity contribution in [2.45, 2.75) is 97.9 Å². The number of ether oxygens (including phenoxy) is 6. The summed E-state index contributed by atoms with van der Waals surface area (Å²) < 4.78 is 34.0. The summed E-state index contributed by atoms with van der Waals surface area (Å²) in [5.74, 6) is -2.63. The topological polar surface area (TPSA) is 173 Å². The van der Waals surface area contributed by atoms with Gasteiger partial charge >= 0.3 is 23.9 Å². The first-order valence-corrected chi connectivity index (χ1v) is 14.7. The van der Waals surface area contributed by atoms with Gasteiger partial charge in [0.2, 0.25) is 18.3 Å². The Morgan fingerprint density at radius 1 is 0.978 bits per heavy atom. The van der Waals surface area contributed by atoms with Crippen LogP contribution in [0.1, 0.15) is 81.8 Å². The van der Waals surface area contributed by atoms with E-state index < -0.39 is 54.6 Å². The lowest BCUT2D eigenvalue weighted by Gasteiger charge is -2.43. The summed E-state index contributed by atoms with van der Waals surface area (Å²) in [7, 11) is 0. The van der Waals surface area contributed by atoms with Gasteiger partial charge in [0.15, 0.2) is 12.2 Å². The van der Waals surface area contributed by atoms with Crippen LogP contribution in [0.15, 0.2) is 24.3 Å². The number of hydrogen-bond acceptors (Lipinski definition) is 12. The first-order chi connectivity index (χ1) is 21.3. The van der Waals surface area contributed by atoms with Gasteiger partial charge in [0.1, 0.15) is 12.7 Å². The highest BCUT2D eigenvalue weighted by molar-refractivity contribution is 5.68. The molecule has 5 unspecified atom stereocenters. The van der Waals surface area contributed by atoms with E-state index in [0.717, 1.165) is 48.7 Å². The number of nitrogens with one attached hydrogen (secondary N) is 1. The lowest BCUT2D eigenvalue weighted by molar-refractivity contribution is -0.289. The molecule has 1 saturated heterocycles. The van der Waals surface area contributed by atoms with Crippen molar-refractivity contribution in [2.24, 2.45) is 0 Å². The van der Waals surface area contributed by atoms with E-state index in [1.54, 1.807) is 0 Å². The number of aromatic nitrogens is 2. The average molecular weight is 631 g/mol. The summed E-state index contributed by atoms with van der Waals surface area (Å²) in [6, 6.07) is 6.02. The molecule has 1 aliphatic heterocycles. The lowest BCUT2D eigenvalue weighted by atomic mass is 9.95. The quantitative estimate of drug-likeness (QED) is 0.245. The first-order valence-electron chi connectivity index (χ1n) is 14.7. The lowest BCUT2D eigenvalue weighted by Crippen LogP contribution is -2.63. The number of carbonyl (C=O) groups is 4. The molecule has 0 saturated carbocycles. The van der Waals surface area contributed by atoms with E-state index in [1.807, 2.05) is 51.1 Å². The summed E-state index contributed by atoms with van der Waals surface area (Å²) in [6.45, 7) is 10.4. The van der Waals surface area contributed by atoms with Crippen LogP contribution < -0.4 is 4.74 Å². The summed E-state index contributed by atoms with van der Waals surface area (Å²) >= 11 is 0. The minimum atomic E-state index is -1.41. The van der Waals surface area contributed by atoms with Crippen molar-refractivity contribution in [3.63, 3.8) is 0 Å². The van der Waals surface area contributed by atoms with Crippen molar-refractivity contribution in [3.8, 4) is 5.88 Å². The van der Waals surface area contributed by atoms with E-state index in [1.165, 1.54) is 6.92 Å². The van der Waals surface area contributed by atoms with E-state index in [9.17, 15) is 19.2 Å². The molecule has 2 N–H and O–H groups in total. The summed E-state index contributed by atoms with van der Waals surface area (Å²) in [4.78, 5) is 48.1. The maximum atomic E-state index is 12.2. The number of H-pyrrole nitrogens is 1. The molecule has 1 aromatic heterocycles. The predicted octanol–water partition coefficient (Wildman–Crippen LogP) is 3.29. The zero-order chi connectivity index (χ0) is 33.3. The second kappa shape index (κ2) is 16.2. The van der Waals surface area contributed by atoms with Crippen molar-refractivity contribution in [1.29, 1.82) is 0 Å². The number of hydrogen-bond donors (Lipinski definition) is 2. The van der Waals surface area contributed by atoms with E-state index in [4.69, 9.17) is 33.5 Å². The third-order valence-corrected chi connectivity index (χ3v) is 6.95. The van der Waals surface area contributed by atoms with Crippen molar-refractivity contribution >= 4 is 30.0 Å². The van der Waals surface area contributed by atoms with Crippen molar-refractivity contribution in [2.75, 3.05) is 13.2 Å². The number of esters is 4. The van der Waals surface area contributed by atoms with Crippen LogP contribution in [0.3, 0.4) is 0 Å². The predicted molar refractivity (Wildman–Crippen MR) is 160 cm³/mol. The van der Waals surface area contributed by atoms with Gasteiger partial charge in [-0.25, -0.2) is 0 Å². The highest BCUT2D eigenvalue weighted by Gasteiger charge is 2.53. The molecule has 13 nitrogen and oxygen atoms in total. The molecule has 0 spiro atoms. The monoisotopic (exact) mass is 630 g/mol. The fraction of sp³-hybridized carbons (Fsp3) is 0.531. The fourth-order valence-corrected chi connectivity index (χ4v) is 5.01. The third kappa shape index (κ3) is 9.88. The smallest absolute Gasteiger partial charge is 0.303 e. The molecule has 2 heterocycles. The average Bonchev–Trinajstić information content (AvgIpc) is 3.34. The van der Waals surface area contributed by atoms with Crippen LogP contribution in [-0.4, -0.2) is 83.1 Å². The molecule has 0 amide bonds. The van der Waals surface area contributed by atoms with Crippen LogP contribution in [0.5, 0.6) is 5.88 Å². The number of aliphatic hydroxyl groups is 1. The molecule has 45 heavy (non-hydrogen) atoms. The number of aromatic amines is 1. The van der Waals surface area contributed by atoms with E-state index in [0.29, 0.717) is 12.8 Å². The number of carbonyl (C=O) groups excluding carboxylic acids is 4. The largest absolute Gasteiger partial charge is 0.463 e. The van der Waals surface area contributed by atoms with Crippen LogP contribution in [0.4, 0.5) is 0 Å². The summed E-state index contributed by atoms with van der Waals surface area (Å²) in [5, 5.41) is 16.5. The van der Waals surface area contributed by atoms with Gasteiger partial charge in [0.25, 0.3) is 0 Å². The number of nitrogens with zero attached hydrogens (tertiary/aromatic N) is 1. The highest BCUT2D eigenvalue weighted by atomic mass is 16.7. The van der Waals surface area contributed by atoms with Gasteiger partial charge in [-0.2, -0.15) is 0 Å². The fourth-order valence-electron chi connectivity index (χ4n) is 5.01. The summed E-state index contributed by atoms with van der Waals surface area (Å²) in [5.41, 5.74) is 4.56. The molecule has 13 heteroatoms. The number of rotatable bonds is 13. The Bertz CT molecular complexity index is 1380. The molecule has 3 rings (SSSR count). The molecule has 5 atom stereocenters. The molecule has 1 fully saturated rings. The maximum absolute atomic E-state index is 12.2. The van der Waals surface area contributed by atoms with Gasteiger partial charge in [0, 0.05) is 52.0 Å². The standard InChI is InChI=1S/C32H42N2O11/c1-17(2)27-25(15-24-12-11-23(14-18(24)3)10-8-9-13-35)31(34-33-27)45-32-30(43-22(7)39)29(42-21(6)38)28(41-20(5)37)26(44-32)16-40-19(4)36/h8,10-12,14,17,26,28-30,32,35H,9,13,15-16H2,1-7H3,(H,33,34). The molecular weight excluding hydrogens is 588 g/mol. The van der Waals surface area contributed by atoms with E-state index in [2.05, 4.69) is 10.2 Å².